The van der Waals surface area contributed by atoms with Gasteiger partial charge in [-0.25, -0.2) is 9.50 Å². The van der Waals surface area contributed by atoms with Gasteiger partial charge in [-0.2, -0.15) is 0 Å². The quantitative estimate of drug-likeness (QED) is 0.651. The van der Waals surface area contributed by atoms with Crippen molar-refractivity contribution in [3.8, 4) is 0 Å². The molecule has 0 fully saturated rings. The molecule has 0 saturated carbocycles. The molecule has 1 N–H and O–H groups in total. The molecule has 2 heterocycles. The van der Waals surface area contributed by atoms with E-state index in [1.54, 1.807) is 13.1 Å². The molecule has 0 atom stereocenters. The van der Waals surface area contributed by atoms with Gasteiger partial charge in [0, 0.05) is 23.0 Å². The minimum Gasteiger partial charge on any atom is -0.297 e. The molecule has 0 aliphatic heterocycles. The monoisotopic (exact) mass is 177 g/mol. The Morgan fingerprint density at radius 1 is 1.38 bits per heavy atom. The third-order valence-electron chi connectivity index (χ3n) is 2.31. The number of nitrogens with one attached hydrogen (secondary N) is 1. The summed E-state index contributed by atoms with van der Waals surface area (Å²) < 4.78 is 1.47. The van der Waals surface area contributed by atoms with E-state index in [4.69, 9.17) is 0 Å². The minimum absolute atomic E-state index is 0.0180. The summed E-state index contributed by atoms with van der Waals surface area (Å²) in [5.74, 6) is 0. The third kappa shape index (κ3) is 0.983. The first-order valence-corrected chi connectivity index (χ1v) is 4.15. The lowest BCUT2D eigenvalue weighted by atomic mass is 10.2. The molecule has 0 aromatic carbocycles. The molecule has 0 aliphatic carbocycles. The highest BCUT2D eigenvalue weighted by Crippen LogP contribution is 2.05. The maximum Gasteiger partial charge on any atom is 0.275 e. The van der Waals surface area contributed by atoms with Gasteiger partial charge >= 0.3 is 0 Å². The average molecular weight is 177 g/mol. The van der Waals surface area contributed by atoms with Crippen LogP contribution in [0.15, 0.2) is 11.0 Å². The van der Waals surface area contributed by atoms with Crippen LogP contribution in [0.1, 0.15) is 16.8 Å². The lowest BCUT2D eigenvalue weighted by Crippen LogP contribution is -2.19. The lowest BCUT2D eigenvalue weighted by Gasteiger charge is -1.99. The number of rotatable bonds is 0. The second kappa shape index (κ2) is 2.45. The molecule has 0 radical (unpaired) electrons. The summed E-state index contributed by atoms with van der Waals surface area (Å²) >= 11 is 0. The third-order valence-corrected chi connectivity index (χ3v) is 2.31. The molecule has 68 valence electrons. The van der Waals surface area contributed by atoms with Crippen LogP contribution in [0, 0.1) is 20.8 Å². The molecular weight excluding hydrogens is 166 g/mol. The Morgan fingerprint density at radius 3 is 2.77 bits per heavy atom. The highest BCUT2D eigenvalue weighted by molar-refractivity contribution is 5.46. The zero-order valence-electron chi connectivity index (χ0n) is 7.88. The molecule has 0 amide bonds. The molecule has 0 aliphatic rings. The molecule has 0 bridgehead atoms. The number of fused-ring (bicyclic) bond motifs is 1. The summed E-state index contributed by atoms with van der Waals surface area (Å²) in [5, 5.41) is 2.87. The topological polar surface area (TPSA) is 50.2 Å². The Morgan fingerprint density at radius 2 is 2.08 bits per heavy atom. The summed E-state index contributed by atoms with van der Waals surface area (Å²) in [4.78, 5) is 16.0. The van der Waals surface area contributed by atoms with Gasteiger partial charge in [0.1, 0.15) is 0 Å². The smallest absolute Gasteiger partial charge is 0.275 e. The van der Waals surface area contributed by atoms with Crippen molar-refractivity contribution < 1.29 is 0 Å². The van der Waals surface area contributed by atoms with Gasteiger partial charge < -0.3 is 0 Å². The molecule has 2 rings (SSSR count). The van der Waals surface area contributed by atoms with Crippen molar-refractivity contribution in [2.75, 3.05) is 0 Å². The van der Waals surface area contributed by atoms with Gasteiger partial charge in [-0.1, -0.05) is 0 Å². The van der Waals surface area contributed by atoms with E-state index in [-0.39, 0.29) is 5.56 Å². The highest BCUT2D eigenvalue weighted by Gasteiger charge is 2.07. The molecule has 4 heteroatoms. The Kier molecular flexibility index (Phi) is 1.52. The van der Waals surface area contributed by atoms with Gasteiger partial charge in [0.25, 0.3) is 5.56 Å². The summed E-state index contributed by atoms with van der Waals surface area (Å²) in [7, 11) is 0. The number of aromatic amines is 1. The number of aryl methyl sites for hydroxylation is 2. The van der Waals surface area contributed by atoms with Gasteiger partial charge in [-0.15, -0.1) is 0 Å². The molecule has 2 aromatic rings. The van der Waals surface area contributed by atoms with Crippen LogP contribution >= 0.6 is 0 Å². The Bertz CT molecular complexity index is 521. The fraction of sp³-hybridized carbons (Fsp3) is 0.333. The van der Waals surface area contributed by atoms with E-state index in [0.29, 0.717) is 11.2 Å². The van der Waals surface area contributed by atoms with E-state index in [1.165, 1.54) is 4.52 Å². The van der Waals surface area contributed by atoms with E-state index in [9.17, 15) is 4.79 Å². The molecular formula is C9H11N3O. The first-order chi connectivity index (χ1) is 6.11. The molecule has 2 aromatic heterocycles. The number of H-pyrrole nitrogens is 1. The molecule has 0 spiro atoms. The van der Waals surface area contributed by atoms with Crippen molar-refractivity contribution in [2.45, 2.75) is 20.8 Å². The summed E-state index contributed by atoms with van der Waals surface area (Å²) in [6, 6.07) is 0. The minimum atomic E-state index is -0.0180. The number of aromatic nitrogens is 3. The Balaban J connectivity index is 3.05. The maximum atomic E-state index is 11.7. The van der Waals surface area contributed by atoms with Crippen molar-refractivity contribution in [3.05, 3.63) is 33.4 Å². The summed E-state index contributed by atoms with van der Waals surface area (Å²) in [6.45, 7) is 5.56. The first kappa shape index (κ1) is 8.04. The molecule has 0 saturated heterocycles. The Hall–Kier alpha value is -1.58. The lowest BCUT2D eigenvalue weighted by molar-refractivity contribution is 0.873. The van der Waals surface area contributed by atoms with E-state index in [2.05, 4.69) is 10.1 Å². The fourth-order valence-corrected chi connectivity index (χ4v) is 1.32. The van der Waals surface area contributed by atoms with Crippen molar-refractivity contribution in [3.63, 3.8) is 0 Å². The van der Waals surface area contributed by atoms with Crippen molar-refractivity contribution in [2.24, 2.45) is 0 Å². The largest absolute Gasteiger partial charge is 0.297 e. The number of hydrogen-bond acceptors (Lipinski definition) is 2. The van der Waals surface area contributed by atoms with Crippen LogP contribution in [0.4, 0.5) is 0 Å². The van der Waals surface area contributed by atoms with E-state index in [0.717, 1.165) is 11.3 Å². The normalized spacial score (nSPS) is 11.0. The van der Waals surface area contributed by atoms with Gasteiger partial charge in [-0.05, 0) is 20.8 Å². The van der Waals surface area contributed by atoms with Gasteiger partial charge in [0.05, 0.1) is 0 Å². The number of nitrogens with zero attached hydrogens (tertiary/aromatic N) is 2. The van der Waals surface area contributed by atoms with E-state index < -0.39 is 0 Å². The zero-order chi connectivity index (χ0) is 9.59. The molecule has 0 unspecified atom stereocenters. The SMILES string of the molecule is Cc1nc2c(C)c[nH]n2c(=O)c1C. The van der Waals surface area contributed by atoms with Crippen LogP contribution in [-0.2, 0) is 0 Å². The zero-order valence-corrected chi connectivity index (χ0v) is 7.88. The van der Waals surface area contributed by atoms with Gasteiger partial charge in [0.2, 0.25) is 0 Å². The summed E-state index contributed by atoms with van der Waals surface area (Å²) in [5.41, 5.74) is 3.18. The van der Waals surface area contributed by atoms with Crippen LogP contribution in [0.5, 0.6) is 0 Å². The van der Waals surface area contributed by atoms with Gasteiger partial charge in [-0.3, -0.25) is 9.89 Å². The standard InChI is InChI=1S/C9H11N3O/c1-5-4-10-12-8(5)11-7(3)6(2)9(12)13/h4,10H,1-3H3. The van der Waals surface area contributed by atoms with Crippen LogP contribution in [0.2, 0.25) is 0 Å². The predicted molar refractivity (Wildman–Crippen MR) is 50.0 cm³/mol. The maximum absolute atomic E-state index is 11.7. The number of hydrogen-bond donors (Lipinski definition) is 1. The first-order valence-electron chi connectivity index (χ1n) is 4.15. The van der Waals surface area contributed by atoms with Crippen LogP contribution in [0.3, 0.4) is 0 Å². The van der Waals surface area contributed by atoms with Crippen molar-refractivity contribution in [1.29, 1.82) is 0 Å². The average Bonchev–Trinajstić information content (AvgIpc) is 2.45. The van der Waals surface area contributed by atoms with Gasteiger partial charge in [0.15, 0.2) is 5.65 Å². The second-order valence-corrected chi connectivity index (χ2v) is 3.24. The molecule has 13 heavy (non-hydrogen) atoms. The highest BCUT2D eigenvalue weighted by atomic mass is 16.1. The van der Waals surface area contributed by atoms with Crippen LogP contribution < -0.4 is 5.56 Å². The van der Waals surface area contributed by atoms with Crippen molar-refractivity contribution in [1.82, 2.24) is 14.6 Å². The second-order valence-electron chi connectivity index (χ2n) is 3.24. The van der Waals surface area contributed by atoms with Crippen LogP contribution in [-0.4, -0.2) is 14.6 Å². The molecule has 4 nitrogen and oxygen atoms in total. The van der Waals surface area contributed by atoms with E-state index in [1.807, 2.05) is 13.8 Å². The predicted octanol–water partition coefficient (Wildman–Crippen LogP) is 0.948. The van der Waals surface area contributed by atoms with Crippen LogP contribution in [0.25, 0.3) is 5.65 Å². The fourth-order valence-electron chi connectivity index (χ4n) is 1.32. The summed E-state index contributed by atoms with van der Waals surface area (Å²) in [6.07, 6.45) is 1.78. The Labute approximate surface area is 75.2 Å². The van der Waals surface area contributed by atoms with E-state index >= 15 is 0 Å². The van der Waals surface area contributed by atoms with Crippen molar-refractivity contribution >= 4 is 5.65 Å².